The Labute approximate surface area is 85.0 Å². The van der Waals surface area contributed by atoms with Crippen molar-refractivity contribution in [3.63, 3.8) is 0 Å². The summed E-state index contributed by atoms with van der Waals surface area (Å²) in [6.07, 6.45) is 3.47. The van der Waals surface area contributed by atoms with Gasteiger partial charge in [0, 0.05) is 24.2 Å². The molecule has 0 radical (unpaired) electrons. The molecule has 76 valence electrons. The molecule has 0 aromatic carbocycles. The van der Waals surface area contributed by atoms with Gasteiger partial charge < -0.3 is 5.11 Å². The van der Waals surface area contributed by atoms with Gasteiger partial charge in [0.15, 0.2) is 0 Å². The van der Waals surface area contributed by atoms with Crippen LogP contribution < -0.4 is 0 Å². The van der Waals surface area contributed by atoms with Crippen molar-refractivity contribution in [3.8, 4) is 0 Å². The first-order valence-corrected chi connectivity index (χ1v) is 5.36. The van der Waals surface area contributed by atoms with Gasteiger partial charge in [-0.3, -0.25) is 4.98 Å². The first kappa shape index (κ1) is 9.66. The highest BCUT2D eigenvalue weighted by atomic mass is 16.3. The number of rotatable bonds is 2. The molecule has 1 N–H and O–H groups in total. The molecule has 0 saturated carbocycles. The van der Waals surface area contributed by atoms with Gasteiger partial charge in [0.05, 0.1) is 6.10 Å². The third kappa shape index (κ3) is 1.44. The van der Waals surface area contributed by atoms with E-state index in [0.29, 0.717) is 5.92 Å². The van der Waals surface area contributed by atoms with Gasteiger partial charge in [0.2, 0.25) is 0 Å². The van der Waals surface area contributed by atoms with Gasteiger partial charge in [-0.05, 0) is 17.5 Å². The fourth-order valence-corrected chi connectivity index (χ4v) is 2.36. The lowest BCUT2D eigenvalue weighted by Gasteiger charge is -2.21. The Morgan fingerprint density at radius 3 is 3.14 bits per heavy atom. The summed E-state index contributed by atoms with van der Waals surface area (Å²) in [4.78, 5) is 4.40. The fraction of sp³-hybridized carbons (Fsp3) is 0.583. The second-order valence-electron chi connectivity index (χ2n) is 4.23. The van der Waals surface area contributed by atoms with Crippen LogP contribution in [0.4, 0.5) is 0 Å². The molecule has 1 heterocycles. The number of aliphatic hydroxyl groups excluding tert-OH is 1. The number of nitrogens with zero attached hydrogens (tertiary/aromatic N) is 1. The average molecular weight is 191 g/mol. The van der Waals surface area contributed by atoms with E-state index in [-0.39, 0.29) is 12.0 Å². The molecule has 2 nitrogen and oxygen atoms in total. The largest absolute Gasteiger partial charge is 0.392 e. The van der Waals surface area contributed by atoms with E-state index in [9.17, 15) is 5.11 Å². The summed E-state index contributed by atoms with van der Waals surface area (Å²) in [5.41, 5.74) is 2.35. The lowest BCUT2D eigenvalue weighted by Crippen LogP contribution is -2.20. The first-order valence-electron chi connectivity index (χ1n) is 5.36. The highest BCUT2D eigenvalue weighted by Gasteiger charge is 2.34. The number of pyridine rings is 1. The predicted molar refractivity (Wildman–Crippen MR) is 56.1 cm³/mol. The van der Waals surface area contributed by atoms with Crippen molar-refractivity contribution in [3.05, 3.63) is 29.6 Å². The van der Waals surface area contributed by atoms with E-state index in [4.69, 9.17) is 0 Å². The van der Waals surface area contributed by atoms with E-state index in [1.807, 2.05) is 12.3 Å². The Balaban J connectivity index is 2.34. The average Bonchev–Trinajstić information content (AvgIpc) is 2.53. The van der Waals surface area contributed by atoms with Crippen LogP contribution in [-0.2, 0) is 6.42 Å². The molecule has 14 heavy (non-hydrogen) atoms. The normalized spacial score (nSPS) is 27.4. The van der Waals surface area contributed by atoms with Crippen LogP contribution in [0.3, 0.4) is 0 Å². The van der Waals surface area contributed by atoms with Crippen LogP contribution in [0.15, 0.2) is 18.3 Å². The Kier molecular flexibility index (Phi) is 2.55. The van der Waals surface area contributed by atoms with Crippen molar-refractivity contribution in [1.82, 2.24) is 4.98 Å². The molecule has 0 bridgehead atoms. The van der Waals surface area contributed by atoms with Crippen molar-refractivity contribution in [2.24, 2.45) is 5.92 Å². The summed E-state index contributed by atoms with van der Waals surface area (Å²) in [5, 5.41) is 9.97. The molecule has 2 rings (SSSR count). The zero-order chi connectivity index (χ0) is 10.1. The van der Waals surface area contributed by atoms with E-state index < -0.39 is 0 Å². The van der Waals surface area contributed by atoms with E-state index >= 15 is 0 Å². The van der Waals surface area contributed by atoms with Gasteiger partial charge in [0.1, 0.15) is 0 Å². The van der Waals surface area contributed by atoms with Crippen molar-refractivity contribution in [2.75, 3.05) is 0 Å². The van der Waals surface area contributed by atoms with E-state index in [1.165, 1.54) is 5.56 Å². The van der Waals surface area contributed by atoms with Crippen molar-refractivity contribution >= 4 is 0 Å². The van der Waals surface area contributed by atoms with Gasteiger partial charge in [-0.1, -0.05) is 26.3 Å². The highest BCUT2D eigenvalue weighted by molar-refractivity contribution is 5.31. The molecular formula is C12H17NO. The molecule has 0 fully saturated rings. The second-order valence-corrected chi connectivity index (χ2v) is 4.23. The third-order valence-electron chi connectivity index (χ3n) is 3.34. The van der Waals surface area contributed by atoms with Gasteiger partial charge in [-0.25, -0.2) is 0 Å². The Hall–Kier alpha value is -0.890. The standard InChI is InChI=1S/C12H17NO/c1-3-8(2)11-10(14)7-9-5-4-6-13-12(9)11/h4-6,8,10-11,14H,3,7H2,1-2H3. The highest BCUT2D eigenvalue weighted by Crippen LogP contribution is 2.38. The smallest absolute Gasteiger partial charge is 0.0667 e. The first-order chi connectivity index (χ1) is 6.74. The van der Waals surface area contributed by atoms with Crippen LogP contribution in [0.1, 0.15) is 37.4 Å². The van der Waals surface area contributed by atoms with Crippen LogP contribution in [0.2, 0.25) is 0 Å². The number of fused-ring (bicyclic) bond motifs is 1. The zero-order valence-electron chi connectivity index (χ0n) is 8.77. The van der Waals surface area contributed by atoms with Crippen molar-refractivity contribution in [1.29, 1.82) is 0 Å². The Bertz CT molecular complexity index is 320. The number of aliphatic hydroxyl groups is 1. The van der Waals surface area contributed by atoms with Crippen LogP contribution in [-0.4, -0.2) is 16.2 Å². The molecule has 3 unspecified atom stereocenters. The molecule has 0 saturated heterocycles. The number of aromatic nitrogens is 1. The maximum Gasteiger partial charge on any atom is 0.0667 e. The molecule has 0 amide bonds. The minimum atomic E-state index is -0.227. The molecule has 1 aliphatic carbocycles. The van der Waals surface area contributed by atoms with Crippen LogP contribution in [0, 0.1) is 5.92 Å². The molecule has 0 spiro atoms. The SMILES string of the molecule is CCC(C)C1c2ncccc2CC1O. The molecule has 3 atom stereocenters. The van der Waals surface area contributed by atoms with Crippen molar-refractivity contribution in [2.45, 2.75) is 38.7 Å². The van der Waals surface area contributed by atoms with Gasteiger partial charge >= 0.3 is 0 Å². The number of hydrogen-bond acceptors (Lipinski definition) is 2. The quantitative estimate of drug-likeness (QED) is 0.776. The molecular weight excluding hydrogens is 174 g/mol. The minimum absolute atomic E-state index is 0.227. The Morgan fingerprint density at radius 2 is 2.43 bits per heavy atom. The van der Waals surface area contributed by atoms with E-state index in [0.717, 1.165) is 18.5 Å². The summed E-state index contributed by atoms with van der Waals surface area (Å²) in [6, 6.07) is 4.03. The molecule has 2 heteroatoms. The second kappa shape index (κ2) is 3.70. The summed E-state index contributed by atoms with van der Waals surface area (Å²) in [6.45, 7) is 4.36. The molecule has 1 aromatic heterocycles. The van der Waals surface area contributed by atoms with Gasteiger partial charge in [-0.15, -0.1) is 0 Å². The van der Waals surface area contributed by atoms with Gasteiger partial charge in [-0.2, -0.15) is 0 Å². The summed E-state index contributed by atoms with van der Waals surface area (Å²) in [7, 11) is 0. The molecule has 0 aliphatic heterocycles. The Morgan fingerprint density at radius 1 is 1.64 bits per heavy atom. The lowest BCUT2D eigenvalue weighted by atomic mass is 9.88. The predicted octanol–water partition coefficient (Wildman–Crippen LogP) is 2.13. The fourth-order valence-electron chi connectivity index (χ4n) is 2.36. The topological polar surface area (TPSA) is 33.1 Å². The summed E-state index contributed by atoms with van der Waals surface area (Å²) < 4.78 is 0. The van der Waals surface area contributed by atoms with E-state index in [2.05, 4.69) is 24.9 Å². The van der Waals surface area contributed by atoms with Crippen LogP contribution in [0.5, 0.6) is 0 Å². The molecule has 1 aromatic rings. The lowest BCUT2D eigenvalue weighted by molar-refractivity contribution is 0.130. The van der Waals surface area contributed by atoms with Crippen LogP contribution in [0.25, 0.3) is 0 Å². The van der Waals surface area contributed by atoms with Crippen LogP contribution >= 0.6 is 0 Å². The summed E-state index contributed by atoms with van der Waals surface area (Å²) >= 11 is 0. The monoisotopic (exact) mass is 191 g/mol. The zero-order valence-corrected chi connectivity index (χ0v) is 8.77. The number of hydrogen-bond donors (Lipinski definition) is 1. The van der Waals surface area contributed by atoms with Gasteiger partial charge in [0.25, 0.3) is 0 Å². The maximum absolute atomic E-state index is 9.97. The maximum atomic E-state index is 9.97. The third-order valence-corrected chi connectivity index (χ3v) is 3.34. The summed E-state index contributed by atoms with van der Waals surface area (Å²) in [5.74, 6) is 0.761. The van der Waals surface area contributed by atoms with E-state index in [1.54, 1.807) is 0 Å². The van der Waals surface area contributed by atoms with Crippen molar-refractivity contribution < 1.29 is 5.11 Å². The minimum Gasteiger partial charge on any atom is -0.392 e. The molecule has 1 aliphatic rings.